The molecule has 0 radical (unpaired) electrons. The number of halogens is 1. The van der Waals surface area contributed by atoms with Gasteiger partial charge in [-0.1, -0.05) is 19.1 Å². The van der Waals surface area contributed by atoms with E-state index in [4.69, 9.17) is 0 Å². The minimum atomic E-state index is -0.205. The summed E-state index contributed by atoms with van der Waals surface area (Å²) in [5.74, 6) is 0.0104. The molecular weight excluding hydrogens is 373 g/mol. The van der Waals surface area contributed by atoms with Crippen LogP contribution >= 0.6 is 11.8 Å². The van der Waals surface area contributed by atoms with E-state index >= 15 is 0 Å². The smallest absolute Gasteiger partial charge is 0.282 e. The van der Waals surface area contributed by atoms with E-state index in [1.807, 2.05) is 40.9 Å². The van der Waals surface area contributed by atoms with Gasteiger partial charge in [-0.3, -0.25) is 4.79 Å². The minimum absolute atomic E-state index is 0.205. The summed E-state index contributed by atoms with van der Waals surface area (Å²) in [6.07, 6.45) is 1.01. The van der Waals surface area contributed by atoms with E-state index in [2.05, 4.69) is 24.0 Å². The zero-order valence-electron chi connectivity index (χ0n) is 16.2. The summed E-state index contributed by atoms with van der Waals surface area (Å²) >= 11 is 1.86. The number of anilines is 2. The standard InChI is InChI=1S/C22H26FN3OS/c1-17-10-11-26(20-4-2-3-5-21(20)28-17)22(27)16-24-12-14-25(15-13-24)19-8-6-18(23)7-9-19/h2-9,17H,10-16H2,1H3/p+1/t17-/m0/s1. The van der Waals surface area contributed by atoms with Gasteiger partial charge in [0.2, 0.25) is 0 Å². The number of benzene rings is 2. The van der Waals surface area contributed by atoms with Crippen LogP contribution in [0.15, 0.2) is 53.4 Å². The number of para-hydroxylation sites is 1. The molecule has 0 aliphatic carbocycles. The average molecular weight is 401 g/mol. The van der Waals surface area contributed by atoms with Gasteiger partial charge in [-0.25, -0.2) is 4.39 Å². The molecule has 0 spiro atoms. The van der Waals surface area contributed by atoms with Crippen LogP contribution < -0.4 is 14.7 Å². The van der Waals surface area contributed by atoms with Crippen molar-refractivity contribution in [2.75, 3.05) is 49.1 Å². The number of thioether (sulfide) groups is 1. The van der Waals surface area contributed by atoms with Gasteiger partial charge in [-0.2, -0.15) is 0 Å². The molecule has 4 rings (SSSR count). The first-order valence-corrected chi connectivity index (χ1v) is 10.9. The molecule has 2 aliphatic rings. The van der Waals surface area contributed by atoms with Gasteiger partial charge in [0.25, 0.3) is 5.91 Å². The summed E-state index contributed by atoms with van der Waals surface area (Å²) in [7, 11) is 0. The molecule has 0 saturated carbocycles. The highest BCUT2D eigenvalue weighted by Gasteiger charge is 2.28. The molecule has 1 amide bonds. The fourth-order valence-electron chi connectivity index (χ4n) is 3.97. The lowest BCUT2D eigenvalue weighted by molar-refractivity contribution is -0.892. The van der Waals surface area contributed by atoms with Gasteiger partial charge >= 0.3 is 0 Å². The average Bonchev–Trinajstić information content (AvgIpc) is 2.87. The third-order valence-corrected chi connectivity index (χ3v) is 6.85. The monoisotopic (exact) mass is 400 g/mol. The number of carbonyl (C=O) groups is 1. The lowest BCUT2D eigenvalue weighted by atomic mass is 10.2. The van der Waals surface area contributed by atoms with Crippen molar-refractivity contribution in [2.24, 2.45) is 0 Å². The molecule has 2 heterocycles. The number of rotatable bonds is 3. The Morgan fingerprint density at radius 1 is 1.11 bits per heavy atom. The third-order valence-electron chi connectivity index (χ3n) is 5.61. The second kappa shape index (κ2) is 8.53. The van der Waals surface area contributed by atoms with Crippen LogP contribution in [0.25, 0.3) is 0 Å². The van der Waals surface area contributed by atoms with Crippen LogP contribution in [0.4, 0.5) is 15.8 Å². The fraction of sp³-hybridized carbons (Fsp3) is 0.409. The molecule has 0 bridgehead atoms. The number of hydrogen-bond acceptors (Lipinski definition) is 3. The number of amides is 1. The van der Waals surface area contributed by atoms with Crippen molar-refractivity contribution in [1.29, 1.82) is 0 Å². The fourth-order valence-corrected chi connectivity index (χ4v) is 5.08. The van der Waals surface area contributed by atoms with E-state index < -0.39 is 0 Å². The predicted octanol–water partition coefficient (Wildman–Crippen LogP) is 2.45. The van der Waals surface area contributed by atoms with E-state index in [9.17, 15) is 9.18 Å². The Balaban J connectivity index is 1.37. The number of nitrogens with zero attached hydrogens (tertiary/aromatic N) is 2. The van der Waals surface area contributed by atoms with Gasteiger partial charge in [-0.05, 0) is 42.8 Å². The first kappa shape index (κ1) is 19.3. The van der Waals surface area contributed by atoms with Gasteiger partial charge in [0, 0.05) is 22.4 Å². The maximum absolute atomic E-state index is 13.1. The van der Waals surface area contributed by atoms with E-state index in [1.165, 1.54) is 21.9 Å². The summed E-state index contributed by atoms with van der Waals surface area (Å²) in [4.78, 5) is 19.9. The first-order chi connectivity index (χ1) is 13.6. The molecule has 4 nitrogen and oxygen atoms in total. The zero-order chi connectivity index (χ0) is 19.5. The van der Waals surface area contributed by atoms with Crippen LogP contribution in [0.2, 0.25) is 0 Å². The van der Waals surface area contributed by atoms with Crippen LogP contribution in [0.3, 0.4) is 0 Å². The molecule has 6 heteroatoms. The number of quaternary nitrogens is 1. The third kappa shape index (κ3) is 4.33. The Hall–Kier alpha value is -2.05. The van der Waals surface area contributed by atoms with Gasteiger partial charge in [0.1, 0.15) is 5.82 Å². The maximum atomic E-state index is 13.1. The molecular formula is C22H27FN3OS+. The van der Waals surface area contributed by atoms with Gasteiger partial charge < -0.3 is 14.7 Å². The molecule has 1 atom stereocenters. The van der Waals surface area contributed by atoms with Crippen molar-refractivity contribution in [3.05, 3.63) is 54.3 Å². The molecule has 0 unspecified atom stereocenters. The van der Waals surface area contributed by atoms with E-state index in [-0.39, 0.29) is 11.7 Å². The highest BCUT2D eigenvalue weighted by molar-refractivity contribution is 8.00. The molecule has 2 aliphatic heterocycles. The molecule has 28 heavy (non-hydrogen) atoms. The largest absolute Gasteiger partial charge is 0.360 e. The Bertz CT molecular complexity index is 821. The lowest BCUT2D eigenvalue weighted by Crippen LogP contribution is -3.16. The molecule has 148 valence electrons. The Morgan fingerprint density at radius 2 is 1.82 bits per heavy atom. The SMILES string of the molecule is C[C@H]1CCN(C(=O)C[NH+]2CCN(c3ccc(F)cc3)CC2)c2ccccc2S1. The van der Waals surface area contributed by atoms with Crippen LogP contribution in [-0.4, -0.2) is 50.4 Å². The second-order valence-corrected chi connectivity index (χ2v) is 9.10. The van der Waals surface area contributed by atoms with Crippen molar-refractivity contribution in [2.45, 2.75) is 23.5 Å². The van der Waals surface area contributed by atoms with Gasteiger partial charge in [0.15, 0.2) is 6.54 Å². The maximum Gasteiger partial charge on any atom is 0.282 e. The quantitative estimate of drug-likeness (QED) is 0.858. The summed E-state index contributed by atoms with van der Waals surface area (Å²) in [5.41, 5.74) is 2.12. The lowest BCUT2D eigenvalue weighted by Gasteiger charge is -2.34. The highest BCUT2D eigenvalue weighted by atomic mass is 32.2. The normalized spacial score (nSPS) is 20.6. The van der Waals surface area contributed by atoms with Crippen molar-refractivity contribution in [3.63, 3.8) is 0 Å². The molecule has 2 aromatic carbocycles. The topological polar surface area (TPSA) is 28.0 Å². The number of hydrogen-bond donors (Lipinski definition) is 1. The Kier molecular flexibility index (Phi) is 5.87. The number of piperazine rings is 1. The summed E-state index contributed by atoms with van der Waals surface area (Å²) in [6, 6.07) is 14.9. The molecule has 1 saturated heterocycles. The highest BCUT2D eigenvalue weighted by Crippen LogP contribution is 2.37. The minimum Gasteiger partial charge on any atom is -0.360 e. The Labute approximate surface area is 170 Å². The summed E-state index contributed by atoms with van der Waals surface area (Å²) in [6.45, 7) is 7.17. The van der Waals surface area contributed by atoms with E-state index in [0.29, 0.717) is 11.8 Å². The van der Waals surface area contributed by atoms with Crippen molar-refractivity contribution in [3.8, 4) is 0 Å². The van der Waals surface area contributed by atoms with Gasteiger partial charge in [-0.15, -0.1) is 11.8 Å². The molecule has 0 aromatic heterocycles. The van der Waals surface area contributed by atoms with Crippen LogP contribution in [0, 0.1) is 5.82 Å². The molecule has 2 aromatic rings. The van der Waals surface area contributed by atoms with Crippen molar-refractivity contribution >= 4 is 29.0 Å². The number of fused-ring (bicyclic) bond motifs is 1. The number of carbonyl (C=O) groups excluding carboxylic acids is 1. The molecule has 1 N–H and O–H groups in total. The predicted molar refractivity (Wildman–Crippen MR) is 113 cm³/mol. The summed E-state index contributed by atoms with van der Waals surface area (Å²) < 4.78 is 13.1. The number of nitrogens with one attached hydrogen (secondary N) is 1. The van der Waals surface area contributed by atoms with E-state index in [0.717, 1.165) is 50.5 Å². The van der Waals surface area contributed by atoms with Crippen LogP contribution in [0.1, 0.15) is 13.3 Å². The summed E-state index contributed by atoms with van der Waals surface area (Å²) in [5, 5.41) is 0.519. The zero-order valence-corrected chi connectivity index (χ0v) is 17.1. The molecule has 1 fully saturated rings. The van der Waals surface area contributed by atoms with Gasteiger partial charge in [0.05, 0.1) is 31.9 Å². The Morgan fingerprint density at radius 3 is 2.57 bits per heavy atom. The van der Waals surface area contributed by atoms with Crippen LogP contribution in [0.5, 0.6) is 0 Å². The van der Waals surface area contributed by atoms with Crippen molar-refractivity contribution in [1.82, 2.24) is 0 Å². The first-order valence-electron chi connectivity index (χ1n) is 10.0. The second-order valence-electron chi connectivity index (χ2n) is 7.62. The van der Waals surface area contributed by atoms with Crippen molar-refractivity contribution < 1.29 is 14.1 Å². The van der Waals surface area contributed by atoms with E-state index in [1.54, 1.807) is 0 Å². The van der Waals surface area contributed by atoms with Crippen LogP contribution in [-0.2, 0) is 4.79 Å².